The van der Waals surface area contributed by atoms with Gasteiger partial charge in [0, 0.05) is 38.4 Å². The van der Waals surface area contributed by atoms with Crippen LogP contribution in [0.2, 0.25) is 0 Å². The zero-order valence-corrected chi connectivity index (χ0v) is 15.6. The Hall–Kier alpha value is -2.08. The molecule has 6 nitrogen and oxygen atoms in total. The molecule has 1 aliphatic heterocycles. The first-order chi connectivity index (χ1) is 12.0. The van der Waals surface area contributed by atoms with E-state index in [9.17, 15) is 9.59 Å². The van der Waals surface area contributed by atoms with Crippen LogP contribution >= 0.6 is 0 Å². The van der Waals surface area contributed by atoms with Crippen molar-refractivity contribution in [3.05, 3.63) is 29.8 Å². The lowest BCUT2D eigenvalue weighted by molar-refractivity contribution is -0.133. The SMILES string of the molecule is CCNC(=O)CN(CC)CC(=O)N1CCN(c2cccc(C)c2)CC1. The highest BCUT2D eigenvalue weighted by Gasteiger charge is 2.23. The fourth-order valence-corrected chi connectivity index (χ4v) is 3.07. The standard InChI is InChI=1S/C19H30N4O2/c1-4-20-18(24)14-21(5-2)15-19(25)23-11-9-22(10-12-23)17-8-6-7-16(3)13-17/h6-8,13H,4-5,9-12,14-15H2,1-3H3,(H,20,24). The lowest BCUT2D eigenvalue weighted by Crippen LogP contribution is -2.52. The summed E-state index contributed by atoms with van der Waals surface area (Å²) in [6.45, 7) is 11.0. The Morgan fingerprint density at radius 1 is 1.12 bits per heavy atom. The number of hydrogen-bond donors (Lipinski definition) is 1. The zero-order valence-electron chi connectivity index (χ0n) is 15.6. The maximum absolute atomic E-state index is 12.5. The Labute approximate surface area is 150 Å². The van der Waals surface area contributed by atoms with E-state index in [-0.39, 0.29) is 18.4 Å². The lowest BCUT2D eigenvalue weighted by atomic mass is 10.2. The first-order valence-corrected chi connectivity index (χ1v) is 9.12. The number of hydrogen-bond acceptors (Lipinski definition) is 4. The molecule has 0 aliphatic carbocycles. The molecule has 0 aromatic heterocycles. The predicted octanol–water partition coefficient (Wildman–Crippen LogP) is 1.10. The number of piperazine rings is 1. The second-order valence-electron chi connectivity index (χ2n) is 6.46. The number of carbonyl (C=O) groups is 2. The third-order valence-corrected chi connectivity index (χ3v) is 4.55. The smallest absolute Gasteiger partial charge is 0.236 e. The zero-order chi connectivity index (χ0) is 18.2. The average Bonchev–Trinajstić information content (AvgIpc) is 2.61. The molecule has 25 heavy (non-hydrogen) atoms. The van der Waals surface area contributed by atoms with Crippen molar-refractivity contribution >= 4 is 17.5 Å². The fourth-order valence-electron chi connectivity index (χ4n) is 3.07. The first kappa shape index (κ1) is 19.2. The molecule has 1 fully saturated rings. The summed E-state index contributed by atoms with van der Waals surface area (Å²) in [6, 6.07) is 8.47. The van der Waals surface area contributed by atoms with Gasteiger partial charge in [0.25, 0.3) is 0 Å². The van der Waals surface area contributed by atoms with Crippen molar-refractivity contribution in [2.24, 2.45) is 0 Å². The van der Waals surface area contributed by atoms with Gasteiger partial charge in [-0.3, -0.25) is 14.5 Å². The number of likely N-dealkylation sites (N-methyl/N-ethyl adjacent to an activating group) is 2. The summed E-state index contributed by atoms with van der Waals surface area (Å²) in [5.74, 6) is 0.0801. The van der Waals surface area contributed by atoms with Crippen LogP contribution in [0.1, 0.15) is 19.4 Å². The summed E-state index contributed by atoms with van der Waals surface area (Å²) in [4.78, 5) is 30.4. The number of amides is 2. The Balaban J connectivity index is 1.83. The van der Waals surface area contributed by atoms with E-state index in [0.717, 1.165) is 26.2 Å². The quantitative estimate of drug-likeness (QED) is 0.803. The van der Waals surface area contributed by atoms with E-state index in [1.54, 1.807) is 0 Å². The summed E-state index contributed by atoms with van der Waals surface area (Å²) in [7, 11) is 0. The van der Waals surface area contributed by atoms with Crippen molar-refractivity contribution < 1.29 is 9.59 Å². The van der Waals surface area contributed by atoms with E-state index in [4.69, 9.17) is 0 Å². The van der Waals surface area contributed by atoms with E-state index in [0.29, 0.717) is 19.6 Å². The predicted molar refractivity (Wildman–Crippen MR) is 101 cm³/mol. The molecule has 0 atom stereocenters. The maximum Gasteiger partial charge on any atom is 0.236 e. The second-order valence-corrected chi connectivity index (χ2v) is 6.46. The monoisotopic (exact) mass is 346 g/mol. The van der Waals surface area contributed by atoms with E-state index in [2.05, 4.69) is 41.4 Å². The Bertz CT molecular complexity index is 583. The molecular formula is C19H30N4O2. The minimum absolute atomic E-state index is 0.0265. The van der Waals surface area contributed by atoms with E-state index in [1.807, 2.05) is 23.6 Å². The van der Waals surface area contributed by atoms with Gasteiger partial charge in [-0.05, 0) is 38.1 Å². The number of nitrogens with one attached hydrogen (secondary N) is 1. The number of carbonyl (C=O) groups excluding carboxylic acids is 2. The van der Waals surface area contributed by atoms with Gasteiger partial charge >= 0.3 is 0 Å². The van der Waals surface area contributed by atoms with Crippen molar-refractivity contribution in [2.75, 3.05) is 57.3 Å². The molecule has 0 unspecified atom stereocenters. The highest BCUT2D eigenvalue weighted by atomic mass is 16.2. The highest BCUT2D eigenvalue weighted by molar-refractivity contribution is 5.81. The summed E-state index contributed by atoms with van der Waals surface area (Å²) in [5, 5.41) is 2.78. The number of nitrogens with zero attached hydrogens (tertiary/aromatic N) is 3. The van der Waals surface area contributed by atoms with E-state index < -0.39 is 0 Å². The number of anilines is 1. The van der Waals surface area contributed by atoms with Crippen LogP contribution < -0.4 is 10.2 Å². The average molecular weight is 346 g/mol. The van der Waals surface area contributed by atoms with Gasteiger partial charge in [0.05, 0.1) is 13.1 Å². The van der Waals surface area contributed by atoms with Crippen LogP contribution in [0.3, 0.4) is 0 Å². The molecule has 1 N–H and O–H groups in total. The molecule has 1 heterocycles. The number of aryl methyl sites for hydroxylation is 1. The van der Waals surface area contributed by atoms with Crippen LogP contribution in [0.5, 0.6) is 0 Å². The third-order valence-electron chi connectivity index (χ3n) is 4.55. The van der Waals surface area contributed by atoms with Crippen LogP contribution in [0.4, 0.5) is 5.69 Å². The molecule has 0 bridgehead atoms. The highest BCUT2D eigenvalue weighted by Crippen LogP contribution is 2.17. The van der Waals surface area contributed by atoms with Gasteiger partial charge in [-0.2, -0.15) is 0 Å². The maximum atomic E-state index is 12.5. The van der Waals surface area contributed by atoms with Gasteiger partial charge < -0.3 is 15.1 Å². The van der Waals surface area contributed by atoms with Crippen molar-refractivity contribution in [3.8, 4) is 0 Å². The summed E-state index contributed by atoms with van der Waals surface area (Å²) in [5.41, 5.74) is 2.47. The lowest BCUT2D eigenvalue weighted by Gasteiger charge is -2.37. The van der Waals surface area contributed by atoms with Crippen LogP contribution in [0, 0.1) is 6.92 Å². The van der Waals surface area contributed by atoms with Crippen molar-refractivity contribution in [3.63, 3.8) is 0 Å². The van der Waals surface area contributed by atoms with Crippen molar-refractivity contribution in [1.29, 1.82) is 0 Å². The first-order valence-electron chi connectivity index (χ1n) is 9.12. The molecule has 1 aliphatic rings. The van der Waals surface area contributed by atoms with Crippen LogP contribution in [0.15, 0.2) is 24.3 Å². The van der Waals surface area contributed by atoms with E-state index >= 15 is 0 Å². The molecule has 0 saturated carbocycles. The number of rotatable bonds is 7. The molecule has 2 amide bonds. The van der Waals surface area contributed by atoms with Gasteiger partial charge in [-0.15, -0.1) is 0 Å². The van der Waals surface area contributed by atoms with E-state index in [1.165, 1.54) is 11.3 Å². The van der Waals surface area contributed by atoms with Gasteiger partial charge in [0.2, 0.25) is 11.8 Å². The van der Waals surface area contributed by atoms with Gasteiger partial charge in [0.1, 0.15) is 0 Å². The molecule has 1 aromatic rings. The Morgan fingerprint density at radius 2 is 1.84 bits per heavy atom. The van der Waals surface area contributed by atoms with Gasteiger partial charge in [-0.1, -0.05) is 19.1 Å². The second kappa shape index (κ2) is 9.42. The molecule has 6 heteroatoms. The Morgan fingerprint density at radius 3 is 2.44 bits per heavy atom. The minimum Gasteiger partial charge on any atom is -0.368 e. The number of benzene rings is 1. The molecule has 0 spiro atoms. The largest absolute Gasteiger partial charge is 0.368 e. The van der Waals surface area contributed by atoms with Crippen LogP contribution in [0.25, 0.3) is 0 Å². The molecule has 1 aromatic carbocycles. The topological polar surface area (TPSA) is 55.9 Å². The Kier molecular flexibility index (Phi) is 7.25. The van der Waals surface area contributed by atoms with Gasteiger partial charge in [-0.25, -0.2) is 0 Å². The summed E-state index contributed by atoms with van der Waals surface area (Å²) < 4.78 is 0. The van der Waals surface area contributed by atoms with Crippen LogP contribution in [-0.4, -0.2) is 74.0 Å². The van der Waals surface area contributed by atoms with Crippen LogP contribution in [-0.2, 0) is 9.59 Å². The van der Waals surface area contributed by atoms with Crippen molar-refractivity contribution in [2.45, 2.75) is 20.8 Å². The summed E-state index contributed by atoms with van der Waals surface area (Å²) in [6.07, 6.45) is 0. The normalized spacial score (nSPS) is 14.7. The molecule has 1 saturated heterocycles. The summed E-state index contributed by atoms with van der Waals surface area (Å²) >= 11 is 0. The van der Waals surface area contributed by atoms with Crippen molar-refractivity contribution in [1.82, 2.24) is 15.1 Å². The third kappa shape index (κ3) is 5.74. The van der Waals surface area contributed by atoms with Gasteiger partial charge in [0.15, 0.2) is 0 Å². The molecule has 2 rings (SSSR count). The molecule has 138 valence electrons. The molecule has 0 radical (unpaired) electrons. The minimum atomic E-state index is -0.0265. The fraction of sp³-hybridized carbons (Fsp3) is 0.579. The molecular weight excluding hydrogens is 316 g/mol.